The summed E-state index contributed by atoms with van der Waals surface area (Å²) in [6, 6.07) is 21.9. The summed E-state index contributed by atoms with van der Waals surface area (Å²) in [5.74, 6) is 6.51. The Balaban J connectivity index is 0.000000186. The lowest BCUT2D eigenvalue weighted by Crippen LogP contribution is -2.18. The van der Waals surface area contributed by atoms with E-state index in [0.29, 0.717) is 11.1 Å². The van der Waals surface area contributed by atoms with Crippen molar-refractivity contribution in [3.05, 3.63) is 108 Å². The number of aromatic nitrogens is 6. The summed E-state index contributed by atoms with van der Waals surface area (Å²) in [6.45, 7) is 2.13. The van der Waals surface area contributed by atoms with Crippen LogP contribution in [0.5, 0.6) is 0 Å². The van der Waals surface area contributed by atoms with E-state index in [1.165, 1.54) is 0 Å². The van der Waals surface area contributed by atoms with Crippen molar-refractivity contribution in [2.45, 2.75) is 13.3 Å². The van der Waals surface area contributed by atoms with Crippen molar-refractivity contribution in [1.82, 2.24) is 34.1 Å². The number of carbonyl (C=O) groups excluding carboxylic acids is 1. The Hall–Kier alpha value is -5.36. The Kier molecular flexibility index (Phi) is 7.10. The fourth-order valence-corrected chi connectivity index (χ4v) is 4.37. The Morgan fingerprint density at radius 3 is 2.54 bits per heavy atom. The molecule has 1 aromatic carbocycles. The molecule has 0 aliphatic rings. The van der Waals surface area contributed by atoms with E-state index in [9.17, 15) is 4.79 Å². The van der Waals surface area contributed by atoms with Gasteiger partial charge >= 0.3 is 0 Å². The van der Waals surface area contributed by atoms with E-state index in [0.717, 1.165) is 40.3 Å². The molecule has 0 saturated carbocycles. The predicted molar refractivity (Wildman–Crippen MR) is 152 cm³/mol. The van der Waals surface area contributed by atoms with Crippen molar-refractivity contribution >= 4 is 22.9 Å². The summed E-state index contributed by atoms with van der Waals surface area (Å²) < 4.78 is 5.49. The summed E-state index contributed by atoms with van der Waals surface area (Å²) >= 11 is 0. The maximum absolute atomic E-state index is 11.5. The second kappa shape index (κ2) is 10.9. The number of imidazole rings is 1. The monoisotopic (exact) mass is 516 g/mol. The molecule has 6 aromatic rings. The van der Waals surface area contributed by atoms with Crippen LogP contribution in [0.15, 0.2) is 85.3 Å². The fraction of sp³-hybridized carbons (Fsp3) is 0.133. The number of anilines is 1. The number of pyridine rings is 2. The Bertz CT molecular complexity index is 1830. The largest absolute Gasteiger partial charge is 0.382 e. The molecule has 3 N–H and O–H groups in total. The molecular weight excluding hydrogens is 488 g/mol. The minimum Gasteiger partial charge on any atom is -0.382 e. The van der Waals surface area contributed by atoms with E-state index in [4.69, 9.17) is 10.7 Å². The topological polar surface area (TPSA) is 108 Å². The van der Waals surface area contributed by atoms with Gasteiger partial charge in [0.25, 0.3) is 5.91 Å². The molecule has 6 rings (SSSR count). The highest BCUT2D eigenvalue weighted by atomic mass is 16.1. The highest BCUT2D eigenvalue weighted by Crippen LogP contribution is 2.27. The molecule has 39 heavy (non-hydrogen) atoms. The van der Waals surface area contributed by atoms with Crippen LogP contribution < -0.4 is 11.1 Å². The van der Waals surface area contributed by atoms with Crippen molar-refractivity contribution in [1.29, 1.82) is 0 Å². The molecule has 9 heteroatoms. The van der Waals surface area contributed by atoms with E-state index in [1.807, 2.05) is 49.6 Å². The van der Waals surface area contributed by atoms with Crippen LogP contribution in [0.1, 0.15) is 34.2 Å². The molecule has 194 valence electrons. The van der Waals surface area contributed by atoms with Crippen LogP contribution >= 0.6 is 0 Å². The van der Waals surface area contributed by atoms with E-state index in [1.54, 1.807) is 34.7 Å². The third kappa shape index (κ3) is 5.08. The quantitative estimate of drug-likeness (QED) is 0.346. The van der Waals surface area contributed by atoms with Crippen LogP contribution in [-0.2, 0) is 13.5 Å². The summed E-state index contributed by atoms with van der Waals surface area (Å²) in [5.41, 5.74) is 12.9. The van der Waals surface area contributed by atoms with Crippen LogP contribution in [0.2, 0.25) is 0 Å². The van der Waals surface area contributed by atoms with Gasteiger partial charge in [0.05, 0.1) is 34.4 Å². The number of nitrogens with one attached hydrogen (secondary N) is 1. The first kappa shape index (κ1) is 25.3. The zero-order valence-electron chi connectivity index (χ0n) is 22.0. The van der Waals surface area contributed by atoms with Gasteiger partial charge in [-0.3, -0.25) is 13.9 Å². The second-order valence-corrected chi connectivity index (χ2v) is 8.75. The standard InChI is InChI=1S/C21H18N4.C9H10N4O/c1-3-19-21(17-8-5-4-6-9-17)25-18(10-7-11-20(25)23-19)13-12-16-14-22-24(2)15-16;1-11-9(14)7-6-4-2-3-5-13(6)12-8(7)10/h4-11,14-15H,3H2,1-2H3;2-5H,1H3,(H2,10,12)(H,11,14). The number of hydrogen-bond donors (Lipinski definition) is 2. The van der Waals surface area contributed by atoms with Crippen molar-refractivity contribution in [3.8, 4) is 23.1 Å². The highest BCUT2D eigenvalue weighted by molar-refractivity contribution is 6.04. The van der Waals surface area contributed by atoms with Crippen molar-refractivity contribution in [2.75, 3.05) is 12.8 Å². The number of hydrogen-bond acceptors (Lipinski definition) is 5. The SMILES string of the molecule is CCc1nc2cccc(C#Cc3cnn(C)c3)n2c1-c1ccccc1.CNC(=O)c1c(N)nn2ccccc12. The van der Waals surface area contributed by atoms with Gasteiger partial charge in [0.15, 0.2) is 5.82 Å². The summed E-state index contributed by atoms with van der Waals surface area (Å²) in [7, 11) is 3.46. The first-order valence-electron chi connectivity index (χ1n) is 12.5. The van der Waals surface area contributed by atoms with Crippen LogP contribution in [0, 0.1) is 11.8 Å². The molecule has 1 amide bonds. The van der Waals surface area contributed by atoms with Gasteiger partial charge in [0, 0.05) is 32.1 Å². The molecule has 5 heterocycles. The van der Waals surface area contributed by atoms with Crippen LogP contribution in [0.25, 0.3) is 22.4 Å². The fourth-order valence-electron chi connectivity index (χ4n) is 4.37. The third-order valence-corrected chi connectivity index (χ3v) is 6.16. The number of amides is 1. The number of aryl methyl sites for hydroxylation is 2. The lowest BCUT2D eigenvalue weighted by molar-refractivity contribution is 0.0965. The van der Waals surface area contributed by atoms with Gasteiger partial charge in [-0.05, 0) is 36.6 Å². The summed E-state index contributed by atoms with van der Waals surface area (Å²) in [5, 5.41) is 10.7. The van der Waals surface area contributed by atoms with Gasteiger partial charge in [-0.15, -0.1) is 5.10 Å². The number of nitrogen functional groups attached to an aromatic ring is 1. The Morgan fingerprint density at radius 1 is 1.03 bits per heavy atom. The zero-order valence-corrected chi connectivity index (χ0v) is 22.0. The molecule has 0 fully saturated rings. The molecule has 0 radical (unpaired) electrons. The number of nitrogens with two attached hydrogens (primary N) is 1. The molecule has 0 bridgehead atoms. The van der Waals surface area contributed by atoms with Crippen LogP contribution in [0.3, 0.4) is 0 Å². The highest BCUT2D eigenvalue weighted by Gasteiger charge is 2.16. The molecule has 0 unspecified atom stereocenters. The van der Waals surface area contributed by atoms with E-state index < -0.39 is 0 Å². The van der Waals surface area contributed by atoms with Gasteiger partial charge in [-0.25, -0.2) is 9.50 Å². The maximum atomic E-state index is 11.5. The second-order valence-electron chi connectivity index (χ2n) is 8.75. The predicted octanol–water partition coefficient (Wildman–Crippen LogP) is 3.97. The van der Waals surface area contributed by atoms with E-state index >= 15 is 0 Å². The van der Waals surface area contributed by atoms with Gasteiger partial charge in [-0.1, -0.05) is 55.3 Å². The van der Waals surface area contributed by atoms with Crippen molar-refractivity contribution < 1.29 is 4.79 Å². The van der Waals surface area contributed by atoms with Gasteiger partial charge in [0.1, 0.15) is 11.2 Å². The number of carbonyl (C=O) groups is 1. The van der Waals surface area contributed by atoms with Gasteiger partial charge in [-0.2, -0.15) is 5.10 Å². The van der Waals surface area contributed by atoms with Gasteiger partial charge in [0.2, 0.25) is 0 Å². The third-order valence-electron chi connectivity index (χ3n) is 6.16. The minimum absolute atomic E-state index is 0.219. The van der Waals surface area contributed by atoms with Crippen LogP contribution in [0.4, 0.5) is 5.82 Å². The average Bonchev–Trinajstić information content (AvgIpc) is 3.66. The molecule has 9 nitrogen and oxygen atoms in total. The summed E-state index contributed by atoms with van der Waals surface area (Å²) in [6.07, 6.45) is 6.31. The summed E-state index contributed by atoms with van der Waals surface area (Å²) in [4.78, 5) is 16.3. The number of nitrogens with zero attached hydrogens (tertiary/aromatic N) is 6. The molecular formula is C30H28N8O. The average molecular weight is 517 g/mol. The number of rotatable bonds is 3. The van der Waals surface area contributed by atoms with Crippen molar-refractivity contribution in [3.63, 3.8) is 0 Å². The molecule has 0 atom stereocenters. The first-order valence-corrected chi connectivity index (χ1v) is 12.5. The normalized spacial score (nSPS) is 10.5. The lowest BCUT2D eigenvalue weighted by Gasteiger charge is -2.06. The molecule has 0 aliphatic heterocycles. The van der Waals surface area contributed by atoms with Gasteiger partial charge < -0.3 is 11.1 Å². The number of benzene rings is 1. The molecule has 0 aliphatic carbocycles. The first-order chi connectivity index (χ1) is 19.0. The Labute approximate surface area is 225 Å². The maximum Gasteiger partial charge on any atom is 0.257 e. The Morgan fingerprint density at radius 2 is 1.82 bits per heavy atom. The minimum atomic E-state index is -0.219. The smallest absolute Gasteiger partial charge is 0.257 e. The lowest BCUT2D eigenvalue weighted by atomic mass is 10.1. The van der Waals surface area contributed by atoms with E-state index in [-0.39, 0.29) is 11.7 Å². The molecule has 5 aromatic heterocycles. The molecule has 0 saturated heterocycles. The number of fused-ring (bicyclic) bond motifs is 2. The van der Waals surface area contributed by atoms with E-state index in [2.05, 4.69) is 62.9 Å². The van der Waals surface area contributed by atoms with Crippen molar-refractivity contribution in [2.24, 2.45) is 7.05 Å². The molecule has 0 spiro atoms. The zero-order chi connectivity index (χ0) is 27.4. The van der Waals surface area contributed by atoms with Crippen LogP contribution in [-0.4, -0.2) is 41.7 Å².